The maximum atomic E-state index is 13.8. The van der Waals surface area contributed by atoms with Crippen LogP contribution in [-0.2, 0) is 48.8 Å². The van der Waals surface area contributed by atoms with Crippen LogP contribution in [0.5, 0.6) is 11.5 Å². The van der Waals surface area contributed by atoms with Crippen molar-refractivity contribution in [3.8, 4) is 22.6 Å². The van der Waals surface area contributed by atoms with E-state index < -0.39 is 100 Å². The fourth-order valence-corrected chi connectivity index (χ4v) is 9.77. The third kappa shape index (κ3) is 8.48. The number of ketones is 4. The van der Waals surface area contributed by atoms with Crippen LogP contribution in [0.2, 0.25) is 0 Å². The van der Waals surface area contributed by atoms with E-state index in [9.17, 15) is 55.8 Å². The summed E-state index contributed by atoms with van der Waals surface area (Å²) < 4.78 is 57.0. The Morgan fingerprint density at radius 3 is 1.10 bits per heavy atom. The minimum atomic E-state index is -4.29. The highest BCUT2D eigenvalue weighted by Crippen LogP contribution is 2.42. The van der Waals surface area contributed by atoms with E-state index in [2.05, 4.69) is 30.5 Å². The molecule has 0 fully saturated rings. The average Bonchev–Trinajstić information content (AvgIpc) is 3.25. The minimum absolute atomic E-state index is 0.0332. The van der Waals surface area contributed by atoms with Crippen LogP contribution in [0.4, 0.5) is 22.7 Å². The first kappa shape index (κ1) is 49.1. The van der Waals surface area contributed by atoms with Crippen LogP contribution in [0, 0.1) is 25.7 Å². The number of rotatable bonds is 15. The lowest BCUT2D eigenvalue weighted by Gasteiger charge is -2.27. The molecule has 0 saturated carbocycles. The van der Waals surface area contributed by atoms with Crippen molar-refractivity contribution in [1.82, 2.24) is 0 Å². The Balaban J connectivity index is 1.72. The topological polar surface area (TPSA) is 388 Å². The summed E-state index contributed by atoms with van der Waals surface area (Å²) in [6.45, 7) is 9.31. The Hall–Kier alpha value is -8.38. The molecule has 24 heteroatoms. The summed E-state index contributed by atoms with van der Waals surface area (Å²) in [6, 6.07) is 10.0. The second-order valence-electron chi connectivity index (χ2n) is 16.0. The highest BCUT2D eigenvalue weighted by molar-refractivity contribution is 7.90. The molecule has 0 amide bonds. The maximum absolute atomic E-state index is 13.8. The summed E-state index contributed by atoms with van der Waals surface area (Å²) in [5, 5.41) is 24.0. The molecule has 68 heavy (non-hydrogen) atoms. The van der Waals surface area contributed by atoms with Gasteiger partial charge in [-0.25, -0.2) is 0 Å². The molecule has 0 saturated heterocycles. The Morgan fingerprint density at radius 2 is 0.838 bits per heavy atom. The largest absolute Gasteiger partial charge is 0.507 e. The molecule has 0 bridgehead atoms. The van der Waals surface area contributed by atoms with Crippen LogP contribution in [0.25, 0.3) is 33.4 Å². The van der Waals surface area contributed by atoms with Crippen LogP contribution in [0.1, 0.15) is 38.8 Å². The Kier molecular flexibility index (Phi) is 13.1. The van der Waals surface area contributed by atoms with E-state index in [4.69, 9.17) is 22.9 Å². The molecule has 4 aromatic carbocycles. The predicted octanol–water partition coefficient (Wildman–Crippen LogP) is -1.20. The van der Waals surface area contributed by atoms with Crippen molar-refractivity contribution in [3.63, 3.8) is 0 Å². The molecule has 0 aromatic heterocycles. The number of hydrogen-bond donors (Lipinski definition) is 10. The van der Waals surface area contributed by atoms with Crippen molar-refractivity contribution in [2.45, 2.75) is 51.3 Å². The zero-order valence-corrected chi connectivity index (χ0v) is 38.6. The van der Waals surface area contributed by atoms with Gasteiger partial charge in [0.05, 0.1) is 43.7 Å². The van der Waals surface area contributed by atoms with Gasteiger partial charge < -0.3 is 44.0 Å². The minimum Gasteiger partial charge on any atom is -0.507 e. The predicted molar refractivity (Wildman–Crippen MR) is 252 cm³/mol. The molecule has 0 unspecified atom stereocenters. The molecule has 22 nitrogen and oxygen atoms in total. The first-order valence-electron chi connectivity index (χ1n) is 20.1. The molecule has 6 rings (SSSR count). The van der Waals surface area contributed by atoms with E-state index in [1.165, 1.54) is 62.4 Å². The van der Waals surface area contributed by atoms with Gasteiger partial charge in [0.2, 0.25) is 35.1 Å². The number of benzene rings is 4. The molecule has 354 valence electrons. The molecule has 2 aliphatic rings. The van der Waals surface area contributed by atoms with Crippen LogP contribution < -0.4 is 65.5 Å². The molecule has 4 aromatic rings. The number of anilines is 4. The van der Waals surface area contributed by atoms with Crippen molar-refractivity contribution >= 4 is 113 Å². The van der Waals surface area contributed by atoms with E-state index in [0.29, 0.717) is 0 Å². The molecular weight excluding hydrogens is 925 g/mol. The van der Waals surface area contributed by atoms with E-state index in [0.717, 1.165) is 0 Å². The van der Waals surface area contributed by atoms with Crippen LogP contribution in [-0.4, -0.2) is 74.7 Å². The first-order valence-corrected chi connectivity index (χ1v) is 23.0. The number of aldehydes is 2. The van der Waals surface area contributed by atoms with E-state index in [1.807, 2.05) is 0 Å². The number of phenolic OH excluding ortho intramolecular Hbond substituents is 2. The fourth-order valence-electron chi connectivity index (χ4n) is 8.05. The van der Waals surface area contributed by atoms with Gasteiger partial charge in [-0.1, -0.05) is 27.7 Å². The molecule has 0 heterocycles. The zero-order chi connectivity index (χ0) is 50.5. The summed E-state index contributed by atoms with van der Waals surface area (Å²) in [6.07, 6.45) is 0.192. The number of carbonyl (C=O) groups excluding carboxylic acids is 6. The van der Waals surface area contributed by atoms with Gasteiger partial charge in [0, 0.05) is 43.1 Å². The highest BCUT2D eigenvalue weighted by Gasteiger charge is 2.38. The standard InChI is InChI=1S/C44H44N10O12S2/c1-17(2)27-33-31(25(15-55)37(57)41(27)61)39(59)29(19(5)35(33)51-49-21-7-11-23(12-8-21)67(63,64)53-43(45)46)30-20(6)36(52-50-22-9-13-24(14-10-22)68(65,66)54-44(47)48)34-28(18(3)4)42(62)38(58)26(16-56)32(34)40(30)60/h7-18,49-52,59-60H,1-6H3,(H4,45,46,53)(H4,47,48,54). The number of guanidine groups is 2. The highest BCUT2D eigenvalue weighted by atomic mass is 32.2. The Morgan fingerprint density at radius 1 is 0.529 bits per heavy atom. The number of nitrogens with one attached hydrogen (secondary N) is 4. The van der Waals surface area contributed by atoms with Crippen molar-refractivity contribution in [3.05, 3.63) is 80.5 Å². The summed E-state index contributed by atoms with van der Waals surface area (Å²) in [4.78, 5) is 79.9. The number of nitrogens with zero attached hydrogens (tertiary/aromatic N) is 2. The summed E-state index contributed by atoms with van der Waals surface area (Å²) in [7, 11) is -8.58. The van der Waals surface area contributed by atoms with Gasteiger partial charge in [-0.05, 0) is 85.3 Å². The van der Waals surface area contributed by atoms with Crippen molar-refractivity contribution in [1.29, 1.82) is 0 Å². The number of hydrazine groups is 2. The molecule has 14 N–H and O–H groups in total. The number of carbonyl (C=O) groups is 6. The van der Waals surface area contributed by atoms with Gasteiger partial charge >= 0.3 is 0 Å². The van der Waals surface area contributed by atoms with E-state index in [1.54, 1.807) is 27.7 Å². The van der Waals surface area contributed by atoms with E-state index in [-0.39, 0.29) is 89.0 Å². The van der Waals surface area contributed by atoms with Crippen molar-refractivity contribution in [2.24, 2.45) is 43.6 Å². The lowest BCUT2D eigenvalue weighted by molar-refractivity contribution is -0.130. The molecular formula is C44H44N10O12S2. The van der Waals surface area contributed by atoms with Gasteiger partial charge in [-0.3, -0.25) is 39.6 Å². The lowest BCUT2D eigenvalue weighted by atomic mass is 9.80. The Bertz CT molecular complexity index is 3270. The smallest absolute Gasteiger partial charge is 0.285 e. The van der Waals surface area contributed by atoms with E-state index >= 15 is 0 Å². The van der Waals surface area contributed by atoms with Gasteiger partial charge in [0.15, 0.2) is 12.6 Å². The maximum Gasteiger partial charge on any atom is 0.285 e. The van der Waals surface area contributed by atoms with Gasteiger partial charge in [0.25, 0.3) is 20.0 Å². The summed E-state index contributed by atoms with van der Waals surface area (Å²) in [5.41, 5.74) is 30.9. The molecule has 0 spiro atoms. The average molecular weight is 969 g/mol. The number of sulfonamides is 2. The molecule has 0 atom stereocenters. The monoisotopic (exact) mass is 968 g/mol. The van der Waals surface area contributed by atoms with Crippen LogP contribution in [0.3, 0.4) is 0 Å². The fraction of sp³-hybridized carbons (Fsp3) is 0.182. The third-order valence-electron chi connectivity index (χ3n) is 11.0. The number of phenols is 2. The quantitative estimate of drug-likeness (QED) is 0.0167. The number of fused-ring (bicyclic) bond motifs is 2. The van der Waals surface area contributed by atoms with Gasteiger partial charge in [-0.15, -0.1) is 8.80 Å². The zero-order valence-electron chi connectivity index (χ0n) is 36.9. The summed E-state index contributed by atoms with van der Waals surface area (Å²) in [5.74, 6) is -8.95. The number of hydrogen-bond acceptors (Lipinski definition) is 16. The number of aromatic hydroxyl groups is 2. The third-order valence-corrected chi connectivity index (χ3v) is 13.6. The SMILES string of the molecule is Cc1c(-c2c(C)c(NNc3ccc(S(=O)(=O)N=C(N)N)cc3)c3c(c2O)=C(C=O)C(=O)C(=O)C=3C(C)C)c(O)c2c(c1NNc1ccc(S(=O)(=O)N=C(N)N)cc1)=C(C(C)C)C(=O)C(=O)C=2C=O. The lowest BCUT2D eigenvalue weighted by Crippen LogP contribution is -2.46. The van der Waals surface area contributed by atoms with Crippen molar-refractivity contribution < 1.29 is 55.8 Å². The van der Waals surface area contributed by atoms with Crippen LogP contribution in [0.15, 0.2) is 67.1 Å². The molecule has 0 aliphatic heterocycles. The number of nitrogens with two attached hydrogens (primary N) is 4. The second kappa shape index (κ2) is 18.1. The first-order chi connectivity index (χ1) is 31.8. The van der Waals surface area contributed by atoms with Gasteiger partial charge in [0.1, 0.15) is 11.5 Å². The molecule has 0 radical (unpaired) electrons. The number of Topliss-reactive ketones (excluding diaryl/α,β-unsaturated/α-hetero) is 4. The molecule has 2 aliphatic carbocycles. The normalized spacial score (nSPS) is 13.8. The Labute approximate surface area is 387 Å². The van der Waals surface area contributed by atoms with Gasteiger partial charge in [-0.2, -0.15) is 16.8 Å². The van der Waals surface area contributed by atoms with Crippen molar-refractivity contribution in [2.75, 3.05) is 21.7 Å². The van der Waals surface area contributed by atoms with Crippen LogP contribution >= 0.6 is 0 Å². The summed E-state index contributed by atoms with van der Waals surface area (Å²) >= 11 is 0. The second-order valence-corrected chi connectivity index (χ2v) is 19.2.